The molecule has 0 bridgehead atoms. The van der Waals surface area contributed by atoms with Crippen LogP contribution in [-0.4, -0.2) is 18.6 Å². The molecule has 0 spiro atoms. The third-order valence-electron chi connectivity index (χ3n) is 3.00. The second-order valence-electron chi connectivity index (χ2n) is 4.58. The number of hydrogen-bond donors (Lipinski definition) is 2. The second-order valence-corrected chi connectivity index (χ2v) is 7.80. The van der Waals surface area contributed by atoms with Crippen LogP contribution >= 0.6 is 39.0 Å². The number of nitrogens with one attached hydrogen (secondary N) is 1. The predicted octanol–water partition coefficient (Wildman–Crippen LogP) is 4.54. The minimum atomic E-state index is 0.126. The van der Waals surface area contributed by atoms with E-state index in [0.29, 0.717) is 0 Å². The molecular formula is C15H18BrN3S2. The van der Waals surface area contributed by atoms with Gasteiger partial charge in [0.2, 0.25) is 0 Å². The second kappa shape index (κ2) is 7.33. The van der Waals surface area contributed by atoms with E-state index in [1.54, 1.807) is 23.1 Å². The van der Waals surface area contributed by atoms with Crippen LogP contribution in [0.2, 0.25) is 0 Å². The monoisotopic (exact) mass is 383 g/mol. The summed E-state index contributed by atoms with van der Waals surface area (Å²) in [5.41, 5.74) is 7.66. The van der Waals surface area contributed by atoms with Crippen molar-refractivity contribution in [2.75, 3.05) is 17.7 Å². The molecule has 0 amide bonds. The molecule has 3 N–H and O–H groups in total. The van der Waals surface area contributed by atoms with E-state index < -0.39 is 0 Å². The molecule has 1 aromatic heterocycles. The normalized spacial score (nSPS) is 10.6. The molecule has 0 aliphatic carbocycles. The summed E-state index contributed by atoms with van der Waals surface area (Å²) in [6, 6.07) is 8.21. The molecule has 112 valence electrons. The van der Waals surface area contributed by atoms with E-state index >= 15 is 0 Å². The molecule has 1 aromatic carbocycles. The lowest BCUT2D eigenvalue weighted by Gasteiger charge is -2.23. The van der Waals surface area contributed by atoms with Gasteiger partial charge in [0, 0.05) is 32.4 Å². The predicted molar refractivity (Wildman–Crippen MR) is 98.0 cm³/mol. The van der Waals surface area contributed by atoms with Crippen LogP contribution in [-0.2, 0) is 6.54 Å². The van der Waals surface area contributed by atoms with E-state index in [4.69, 9.17) is 11.1 Å². The molecule has 0 unspecified atom stereocenters. The molecule has 0 aliphatic rings. The Morgan fingerprint density at radius 3 is 2.81 bits per heavy atom. The van der Waals surface area contributed by atoms with Gasteiger partial charge in [-0.3, -0.25) is 5.41 Å². The minimum Gasteiger partial charge on any atom is -0.384 e. The van der Waals surface area contributed by atoms with Crippen molar-refractivity contribution in [3.05, 3.63) is 44.6 Å². The van der Waals surface area contributed by atoms with E-state index in [-0.39, 0.29) is 5.84 Å². The van der Waals surface area contributed by atoms with Gasteiger partial charge >= 0.3 is 0 Å². The van der Waals surface area contributed by atoms with Crippen LogP contribution in [0.15, 0.2) is 39.0 Å². The van der Waals surface area contributed by atoms with Crippen LogP contribution in [0.3, 0.4) is 0 Å². The molecule has 0 aliphatic heterocycles. The fraction of sp³-hybridized carbons (Fsp3) is 0.267. The molecule has 0 fully saturated rings. The van der Waals surface area contributed by atoms with Crippen molar-refractivity contribution < 1.29 is 0 Å². The fourth-order valence-electron chi connectivity index (χ4n) is 2.14. The Hall–Kier alpha value is -0.980. The van der Waals surface area contributed by atoms with Gasteiger partial charge in [-0.15, -0.1) is 23.1 Å². The highest BCUT2D eigenvalue weighted by molar-refractivity contribution is 9.10. The molecule has 3 nitrogen and oxygen atoms in total. The van der Waals surface area contributed by atoms with Crippen LogP contribution in [0, 0.1) is 5.41 Å². The first-order valence-corrected chi connectivity index (χ1v) is 9.23. The van der Waals surface area contributed by atoms with Gasteiger partial charge in [0.15, 0.2) is 0 Å². The van der Waals surface area contributed by atoms with Crippen molar-refractivity contribution in [2.24, 2.45) is 5.73 Å². The number of benzene rings is 1. The van der Waals surface area contributed by atoms with E-state index in [2.05, 4.69) is 39.2 Å². The molecule has 2 rings (SSSR count). The average Bonchev–Trinajstić information content (AvgIpc) is 2.84. The first-order valence-electron chi connectivity index (χ1n) is 6.57. The first kappa shape index (κ1) is 16.4. The summed E-state index contributed by atoms with van der Waals surface area (Å²) in [5, 5.41) is 9.99. The van der Waals surface area contributed by atoms with Crippen LogP contribution in [0.5, 0.6) is 0 Å². The van der Waals surface area contributed by atoms with Crippen molar-refractivity contribution in [1.29, 1.82) is 5.41 Å². The Kier molecular flexibility index (Phi) is 5.72. The number of rotatable bonds is 6. The lowest BCUT2D eigenvalue weighted by molar-refractivity contribution is 0.934. The molecule has 0 atom stereocenters. The van der Waals surface area contributed by atoms with Gasteiger partial charge in [0.1, 0.15) is 5.84 Å². The summed E-state index contributed by atoms with van der Waals surface area (Å²) < 4.78 is 1.11. The Morgan fingerprint density at radius 1 is 1.48 bits per heavy atom. The van der Waals surface area contributed by atoms with E-state index in [9.17, 15) is 0 Å². The lowest BCUT2D eigenvalue weighted by Crippen LogP contribution is -2.22. The summed E-state index contributed by atoms with van der Waals surface area (Å²) in [5.74, 6) is 1.09. The van der Waals surface area contributed by atoms with Crippen LogP contribution < -0.4 is 10.6 Å². The van der Waals surface area contributed by atoms with Gasteiger partial charge in [0.25, 0.3) is 0 Å². The zero-order valence-corrected chi connectivity index (χ0v) is 15.2. The van der Waals surface area contributed by atoms with Gasteiger partial charge in [-0.25, -0.2) is 0 Å². The van der Waals surface area contributed by atoms with Crippen LogP contribution in [0.1, 0.15) is 17.4 Å². The van der Waals surface area contributed by atoms with Crippen LogP contribution in [0.25, 0.3) is 0 Å². The molecule has 0 saturated carbocycles. The highest BCUT2D eigenvalue weighted by Gasteiger charge is 2.15. The molecule has 21 heavy (non-hydrogen) atoms. The standard InChI is InChI=1S/C15H18BrN3S2/c1-3-20-13-6-4-5-12(14(13)15(17)18)19(2)8-11-7-10(16)9-21-11/h4-7,9H,3,8H2,1-2H3,(H3,17,18). The number of anilines is 1. The molecule has 2 aromatic rings. The smallest absolute Gasteiger partial charge is 0.126 e. The first-order chi connectivity index (χ1) is 10.0. The highest BCUT2D eigenvalue weighted by Crippen LogP contribution is 2.31. The fourth-order valence-corrected chi connectivity index (χ4v) is 4.49. The van der Waals surface area contributed by atoms with Gasteiger partial charge in [-0.2, -0.15) is 0 Å². The van der Waals surface area contributed by atoms with Crippen LogP contribution in [0.4, 0.5) is 5.69 Å². The average molecular weight is 384 g/mol. The number of nitrogens with zero attached hydrogens (tertiary/aromatic N) is 1. The Labute approximate surface area is 142 Å². The quantitative estimate of drug-likeness (QED) is 0.437. The molecule has 6 heteroatoms. The summed E-state index contributed by atoms with van der Waals surface area (Å²) in [7, 11) is 2.04. The van der Waals surface area contributed by atoms with Gasteiger partial charge in [0.05, 0.1) is 12.1 Å². The molecule has 0 saturated heterocycles. The summed E-state index contributed by atoms with van der Waals surface area (Å²) >= 11 is 6.93. The van der Waals surface area contributed by atoms with Gasteiger partial charge < -0.3 is 10.6 Å². The van der Waals surface area contributed by atoms with Gasteiger partial charge in [-0.1, -0.05) is 13.0 Å². The van der Waals surface area contributed by atoms with Crippen molar-refractivity contribution in [2.45, 2.75) is 18.4 Å². The van der Waals surface area contributed by atoms with Crippen molar-refractivity contribution in [3.8, 4) is 0 Å². The maximum atomic E-state index is 7.91. The van der Waals surface area contributed by atoms with Crippen molar-refractivity contribution in [1.82, 2.24) is 0 Å². The SMILES string of the molecule is CCSc1cccc(N(C)Cc2cc(Br)cs2)c1C(=N)N. The zero-order chi connectivity index (χ0) is 15.4. The highest BCUT2D eigenvalue weighted by atomic mass is 79.9. The maximum Gasteiger partial charge on any atom is 0.126 e. The van der Waals surface area contributed by atoms with Crippen molar-refractivity contribution in [3.63, 3.8) is 0 Å². The largest absolute Gasteiger partial charge is 0.384 e. The lowest BCUT2D eigenvalue weighted by atomic mass is 10.1. The number of nitrogens with two attached hydrogens (primary N) is 1. The molecular weight excluding hydrogens is 366 g/mol. The van der Waals surface area contributed by atoms with E-state index in [0.717, 1.165) is 32.9 Å². The number of halogens is 1. The summed E-state index contributed by atoms with van der Waals surface area (Å²) in [4.78, 5) is 4.49. The zero-order valence-electron chi connectivity index (χ0n) is 12.0. The third kappa shape index (κ3) is 4.02. The van der Waals surface area contributed by atoms with E-state index in [1.165, 1.54) is 4.88 Å². The number of nitrogen functional groups attached to an aromatic ring is 1. The van der Waals surface area contributed by atoms with Gasteiger partial charge in [-0.05, 0) is 39.9 Å². The number of thioether (sulfide) groups is 1. The summed E-state index contributed by atoms with van der Waals surface area (Å²) in [6.07, 6.45) is 0. The van der Waals surface area contributed by atoms with E-state index in [1.807, 2.05) is 25.2 Å². The Morgan fingerprint density at radius 2 is 2.24 bits per heavy atom. The number of amidine groups is 1. The maximum absolute atomic E-state index is 7.91. The minimum absolute atomic E-state index is 0.126. The third-order valence-corrected chi connectivity index (χ3v) is 5.62. The summed E-state index contributed by atoms with van der Waals surface area (Å²) in [6.45, 7) is 2.91. The molecule has 1 heterocycles. The topological polar surface area (TPSA) is 53.1 Å². The van der Waals surface area contributed by atoms with Crippen molar-refractivity contribution >= 4 is 50.6 Å². The number of hydrogen-bond acceptors (Lipinski definition) is 4. The Bertz CT molecular complexity index is 640. The number of thiophene rings is 1. The Balaban J connectivity index is 2.33. The molecule has 0 radical (unpaired) electrons.